The molecule has 166 valence electrons. The molecule has 0 saturated carbocycles. The number of hydrogen-bond acceptors (Lipinski definition) is 8. The SMILES string of the molecule is O=C(Cc1nnc(-c2cnc(NC3Cc4ccccc4C3)nc2)o1)N1CCc2nc[nH]c2C1. The van der Waals surface area contributed by atoms with Gasteiger partial charge in [0, 0.05) is 31.4 Å². The van der Waals surface area contributed by atoms with Crippen LogP contribution in [0.15, 0.2) is 47.4 Å². The summed E-state index contributed by atoms with van der Waals surface area (Å²) in [5, 5.41) is 11.5. The minimum absolute atomic E-state index is 0.0548. The van der Waals surface area contributed by atoms with Crippen molar-refractivity contribution in [3.05, 3.63) is 71.4 Å². The Labute approximate surface area is 189 Å². The summed E-state index contributed by atoms with van der Waals surface area (Å²) in [5.74, 6) is 1.08. The average Bonchev–Trinajstić information content (AvgIpc) is 3.58. The number of amides is 1. The van der Waals surface area contributed by atoms with Crippen LogP contribution in [0.5, 0.6) is 0 Å². The molecule has 0 radical (unpaired) electrons. The molecule has 0 spiro atoms. The minimum atomic E-state index is -0.0567. The fourth-order valence-corrected chi connectivity index (χ4v) is 4.46. The number of aromatic amines is 1. The molecule has 10 nitrogen and oxygen atoms in total. The van der Waals surface area contributed by atoms with Gasteiger partial charge in [-0.25, -0.2) is 15.0 Å². The lowest BCUT2D eigenvalue weighted by Crippen LogP contribution is -2.37. The lowest BCUT2D eigenvalue weighted by Gasteiger charge is -2.25. The molecule has 6 rings (SSSR count). The van der Waals surface area contributed by atoms with Gasteiger partial charge in [0.05, 0.1) is 29.8 Å². The third-order valence-electron chi connectivity index (χ3n) is 6.18. The van der Waals surface area contributed by atoms with Crippen molar-refractivity contribution in [3.63, 3.8) is 0 Å². The number of nitrogens with zero attached hydrogens (tertiary/aromatic N) is 6. The molecule has 4 aromatic rings. The first-order valence-electron chi connectivity index (χ1n) is 11.0. The van der Waals surface area contributed by atoms with Crippen LogP contribution in [0.25, 0.3) is 11.5 Å². The molecule has 1 amide bonds. The molecule has 2 aliphatic rings. The Hall–Kier alpha value is -4.08. The number of H-pyrrole nitrogens is 1. The zero-order valence-corrected chi connectivity index (χ0v) is 17.9. The third kappa shape index (κ3) is 3.95. The molecule has 10 heteroatoms. The van der Waals surface area contributed by atoms with Crippen LogP contribution in [-0.2, 0) is 37.0 Å². The average molecular weight is 442 g/mol. The van der Waals surface area contributed by atoms with E-state index in [1.54, 1.807) is 23.6 Å². The van der Waals surface area contributed by atoms with Gasteiger partial charge < -0.3 is 19.6 Å². The molecule has 1 aromatic carbocycles. The summed E-state index contributed by atoms with van der Waals surface area (Å²) < 4.78 is 5.71. The van der Waals surface area contributed by atoms with Gasteiger partial charge in [0.15, 0.2) is 0 Å². The van der Waals surface area contributed by atoms with Crippen molar-refractivity contribution in [1.29, 1.82) is 0 Å². The molecule has 0 saturated heterocycles. The fraction of sp³-hybridized carbons (Fsp3) is 0.304. The number of benzene rings is 1. The number of rotatable bonds is 5. The van der Waals surface area contributed by atoms with Crippen LogP contribution in [0.1, 0.15) is 28.4 Å². The Morgan fingerprint density at radius 2 is 1.91 bits per heavy atom. The van der Waals surface area contributed by atoms with E-state index >= 15 is 0 Å². The van der Waals surface area contributed by atoms with Crippen molar-refractivity contribution in [3.8, 4) is 11.5 Å². The number of carbonyl (C=O) groups excluding carboxylic acids is 1. The summed E-state index contributed by atoms with van der Waals surface area (Å²) in [6, 6.07) is 8.75. The third-order valence-corrected chi connectivity index (χ3v) is 6.18. The van der Waals surface area contributed by atoms with Gasteiger partial charge in [-0.15, -0.1) is 10.2 Å². The Morgan fingerprint density at radius 1 is 1.12 bits per heavy atom. The predicted octanol–water partition coefficient (Wildman–Crippen LogP) is 1.96. The highest BCUT2D eigenvalue weighted by Gasteiger charge is 2.24. The Kier molecular flexibility index (Phi) is 4.82. The molecule has 1 aliphatic carbocycles. The summed E-state index contributed by atoms with van der Waals surface area (Å²) >= 11 is 0. The van der Waals surface area contributed by atoms with E-state index in [0.29, 0.717) is 30.5 Å². The van der Waals surface area contributed by atoms with Crippen molar-refractivity contribution < 1.29 is 9.21 Å². The first-order chi connectivity index (χ1) is 16.2. The number of imidazole rings is 1. The van der Waals surface area contributed by atoms with Gasteiger partial charge in [-0.3, -0.25) is 4.79 Å². The topological polar surface area (TPSA) is 126 Å². The number of aromatic nitrogens is 6. The van der Waals surface area contributed by atoms with E-state index in [2.05, 4.69) is 59.7 Å². The van der Waals surface area contributed by atoms with Gasteiger partial charge in [-0.1, -0.05) is 24.3 Å². The summed E-state index contributed by atoms with van der Waals surface area (Å²) in [7, 11) is 0. The monoisotopic (exact) mass is 442 g/mol. The molecule has 0 fully saturated rings. The van der Waals surface area contributed by atoms with E-state index in [1.165, 1.54) is 11.1 Å². The van der Waals surface area contributed by atoms with Crippen LogP contribution < -0.4 is 5.32 Å². The van der Waals surface area contributed by atoms with Gasteiger partial charge in [0.25, 0.3) is 5.89 Å². The second-order valence-corrected chi connectivity index (χ2v) is 8.38. The normalized spacial score (nSPS) is 15.3. The smallest absolute Gasteiger partial charge is 0.250 e. The summed E-state index contributed by atoms with van der Waals surface area (Å²) in [4.78, 5) is 30.6. The van der Waals surface area contributed by atoms with E-state index in [1.807, 2.05) is 0 Å². The van der Waals surface area contributed by atoms with Crippen molar-refractivity contribution in [2.45, 2.75) is 38.3 Å². The molecule has 0 atom stereocenters. The highest BCUT2D eigenvalue weighted by Crippen LogP contribution is 2.24. The van der Waals surface area contributed by atoms with Gasteiger partial charge >= 0.3 is 0 Å². The van der Waals surface area contributed by atoms with Crippen molar-refractivity contribution in [2.75, 3.05) is 11.9 Å². The molecular weight excluding hydrogens is 420 g/mol. The molecule has 2 N–H and O–H groups in total. The van der Waals surface area contributed by atoms with Gasteiger partial charge in [0.2, 0.25) is 17.7 Å². The number of nitrogens with one attached hydrogen (secondary N) is 2. The maximum atomic E-state index is 12.7. The zero-order valence-electron chi connectivity index (χ0n) is 17.9. The maximum Gasteiger partial charge on any atom is 0.250 e. The maximum absolute atomic E-state index is 12.7. The van der Waals surface area contributed by atoms with Crippen molar-refractivity contribution >= 4 is 11.9 Å². The van der Waals surface area contributed by atoms with E-state index < -0.39 is 0 Å². The first-order valence-corrected chi connectivity index (χ1v) is 11.0. The quantitative estimate of drug-likeness (QED) is 0.480. The van der Waals surface area contributed by atoms with Gasteiger partial charge in [-0.2, -0.15) is 0 Å². The van der Waals surface area contributed by atoms with Gasteiger partial charge in [-0.05, 0) is 24.0 Å². The summed E-state index contributed by atoms with van der Waals surface area (Å²) in [6.45, 7) is 1.15. The molecule has 4 heterocycles. The molecule has 1 aliphatic heterocycles. The lowest BCUT2D eigenvalue weighted by atomic mass is 10.1. The molecule has 33 heavy (non-hydrogen) atoms. The second kappa shape index (κ2) is 8.12. The second-order valence-electron chi connectivity index (χ2n) is 8.38. The number of fused-ring (bicyclic) bond motifs is 2. The fourth-order valence-electron chi connectivity index (χ4n) is 4.46. The lowest BCUT2D eigenvalue weighted by molar-refractivity contribution is -0.131. The predicted molar refractivity (Wildman–Crippen MR) is 118 cm³/mol. The molecule has 3 aromatic heterocycles. The molecular formula is C23H22N8O2. The van der Waals surface area contributed by atoms with Gasteiger partial charge in [0.1, 0.15) is 6.42 Å². The molecule has 0 unspecified atom stereocenters. The van der Waals surface area contributed by atoms with Crippen LogP contribution in [0.3, 0.4) is 0 Å². The Morgan fingerprint density at radius 3 is 2.70 bits per heavy atom. The first kappa shape index (κ1) is 19.6. The molecule has 0 bridgehead atoms. The van der Waals surface area contributed by atoms with Crippen LogP contribution in [0.2, 0.25) is 0 Å². The van der Waals surface area contributed by atoms with E-state index in [4.69, 9.17) is 4.42 Å². The largest absolute Gasteiger partial charge is 0.420 e. The standard InChI is InChI=1S/C23H22N8O2/c32-21(31-6-5-18-19(12-31)27-13-26-18)9-20-29-30-22(33-20)16-10-24-23(25-11-16)28-17-7-14-3-1-2-4-15(14)8-17/h1-4,10-11,13,17H,5-9,12H2,(H,26,27)(H,24,25,28). The van der Waals surface area contributed by atoms with Crippen molar-refractivity contribution in [2.24, 2.45) is 0 Å². The Balaban J connectivity index is 1.07. The summed E-state index contributed by atoms with van der Waals surface area (Å²) in [6.07, 6.45) is 7.69. The summed E-state index contributed by atoms with van der Waals surface area (Å²) in [5.41, 5.74) is 5.35. The zero-order chi connectivity index (χ0) is 22.2. The van der Waals surface area contributed by atoms with Crippen LogP contribution in [-0.4, -0.2) is 53.5 Å². The number of anilines is 1. The number of hydrogen-bond donors (Lipinski definition) is 2. The van der Waals surface area contributed by atoms with E-state index in [0.717, 1.165) is 30.7 Å². The van der Waals surface area contributed by atoms with Crippen LogP contribution in [0.4, 0.5) is 5.95 Å². The van der Waals surface area contributed by atoms with E-state index in [9.17, 15) is 4.79 Å². The highest BCUT2D eigenvalue weighted by molar-refractivity contribution is 5.78. The van der Waals surface area contributed by atoms with Crippen LogP contribution in [0, 0.1) is 0 Å². The minimum Gasteiger partial charge on any atom is -0.420 e. The number of carbonyl (C=O) groups is 1. The Bertz CT molecular complexity index is 1270. The van der Waals surface area contributed by atoms with E-state index in [-0.39, 0.29) is 24.3 Å². The van der Waals surface area contributed by atoms with Crippen LogP contribution >= 0.6 is 0 Å². The van der Waals surface area contributed by atoms with Crippen molar-refractivity contribution in [1.82, 2.24) is 35.0 Å². The highest BCUT2D eigenvalue weighted by atomic mass is 16.4.